The fourth-order valence-corrected chi connectivity index (χ4v) is 5.27. The molecule has 0 aromatic heterocycles. The molecule has 2 aromatic carbocycles. The second kappa shape index (κ2) is 9.12. The molecule has 0 bridgehead atoms. The van der Waals surface area contributed by atoms with Crippen LogP contribution < -0.4 is 4.72 Å². The highest BCUT2D eigenvalue weighted by atomic mass is 35.5. The Kier molecular flexibility index (Phi) is 7.06. The summed E-state index contributed by atoms with van der Waals surface area (Å²) in [5.41, 5.74) is 2.82. The molecule has 2 aromatic rings. The normalized spacial score (nSPS) is 14.9. The number of hydrogen-bond acceptors (Lipinski definition) is 3. The van der Waals surface area contributed by atoms with Gasteiger partial charge in [-0.1, -0.05) is 59.1 Å². The largest absolute Gasteiger partial charge is 0.299 e. The van der Waals surface area contributed by atoms with E-state index in [1.54, 1.807) is 0 Å². The summed E-state index contributed by atoms with van der Waals surface area (Å²) < 4.78 is 27.4. The van der Waals surface area contributed by atoms with Gasteiger partial charge in [-0.25, -0.2) is 13.1 Å². The van der Waals surface area contributed by atoms with Crippen LogP contribution in [0.25, 0.3) is 0 Å². The van der Waals surface area contributed by atoms with Gasteiger partial charge in [0.2, 0.25) is 10.0 Å². The maximum atomic E-state index is 12.4. The molecule has 0 fully saturated rings. The fourth-order valence-electron chi connectivity index (χ4n) is 3.20. The summed E-state index contributed by atoms with van der Waals surface area (Å²) in [6.07, 6.45) is 2.73. The van der Waals surface area contributed by atoms with E-state index in [9.17, 15) is 8.42 Å². The van der Waals surface area contributed by atoms with Crippen LogP contribution in [0.4, 0.5) is 0 Å². The number of halogens is 3. The van der Waals surface area contributed by atoms with Crippen LogP contribution in [-0.2, 0) is 23.0 Å². The minimum Gasteiger partial charge on any atom is -0.299 e. The van der Waals surface area contributed by atoms with Crippen molar-refractivity contribution in [3.63, 3.8) is 0 Å². The van der Waals surface area contributed by atoms with Crippen LogP contribution in [0, 0.1) is 0 Å². The lowest BCUT2D eigenvalue weighted by atomic mass is 10.00. The van der Waals surface area contributed by atoms with Crippen LogP contribution >= 0.6 is 34.8 Å². The molecular weight excluding hydrogens is 427 g/mol. The van der Waals surface area contributed by atoms with Gasteiger partial charge in [0.25, 0.3) is 0 Å². The predicted octanol–water partition coefficient (Wildman–Crippen LogP) is 4.76. The van der Waals surface area contributed by atoms with E-state index in [0.717, 1.165) is 38.9 Å². The van der Waals surface area contributed by atoms with Crippen LogP contribution in [0.5, 0.6) is 0 Å². The van der Waals surface area contributed by atoms with Gasteiger partial charge in [0.15, 0.2) is 0 Å². The van der Waals surface area contributed by atoms with E-state index >= 15 is 0 Å². The third kappa shape index (κ3) is 5.37. The monoisotopic (exact) mass is 446 g/mol. The number of nitrogens with zero attached hydrogens (tertiary/aromatic N) is 1. The third-order valence-electron chi connectivity index (χ3n) is 4.67. The number of fused-ring (bicyclic) bond motifs is 1. The van der Waals surface area contributed by atoms with Crippen molar-refractivity contribution >= 4 is 44.8 Å². The molecule has 0 saturated carbocycles. The van der Waals surface area contributed by atoms with Crippen molar-refractivity contribution in [2.45, 2.75) is 30.7 Å². The van der Waals surface area contributed by atoms with Crippen molar-refractivity contribution in [1.82, 2.24) is 9.62 Å². The molecule has 0 aliphatic carbocycles. The van der Waals surface area contributed by atoms with E-state index in [1.807, 2.05) is 0 Å². The molecular formula is C19H21Cl3N2O2S. The minimum atomic E-state index is -3.71. The van der Waals surface area contributed by atoms with Crippen LogP contribution in [-0.4, -0.2) is 33.0 Å². The first kappa shape index (κ1) is 20.9. The number of hydrogen-bond donors (Lipinski definition) is 1. The highest BCUT2D eigenvalue weighted by Crippen LogP contribution is 2.31. The molecule has 0 radical (unpaired) electrons. The molecule has 27 heavy (non-hydrogen) atoms. The first-order chi connectivity index (χ1) is 12.9. The second-order valence-electron chi connectivity index (χ2n) is 6.60. The molecule has 0 amide bonds. The molecule has 0 saturated heterocycles. The Morgan fingerprint density at radius 1 is 0.963 bits per heavy atom. The first-order valence-corrected chi connectivity index (χ1v) is 11.4. The molecule has 146 valence electrons. The summed E-state index contributed by atoms with van der Waals surface area (Å²) in [6.45, 7) is 3.30. The fraction of sp³-hybridized carbons (Fsp3) is 0.368. The lowest BCUT2D eigenvalue weighted by Crippen LogP contribution is -2.32. The summed E-state index contributed by atoms with van der Waals surface area (Å²) >= 11 is 17.8. The minimum absolute atomic E-state index is 0.0498. The lowest BCUT2D eigenvalue weighted by Gasteiger charge is -2.28. The Balaban J connectivity index is 1.46. The zero-order valence-corrected chi connectivity index (χ0v) is 17.8. The first-order valence-electron chi connectivity index (χ1n) is 8.80. The Labute approximate surface area is 175 Å². The molecule has 0 atom stereocenters. The lowest BCUT2D eigenvalue weighted by molar-refractivity contribution is 0.249. The molecule has 1 N–H and O–H groups in total. The maximum Gasteiger partial charge on any atom is 0.242 e. The van der Waals surface area contributed by atoms with Crippen molar-refractivity contribution in [2.24, 2.45) is 0 Å². The van der Waals surface area contributed by atoms with Gasteiger partial charge in [-0.2, -0.15) is 0 Å². The SMILES string of the molecule is O=S(=O)(NCCCCN1CCc2ccccc2C1)c1cc(Cl)c(Cl)cc1Cl. The van der Waals surface area contributed by atoms with Crippen molar-refractivity contribution in [1.29, 1.82) is 0 Å². The van der Waals surface area contributed by atoms with Crippen LogP contribution in [0.15, 0.2) is 41.3 Å². The summed E-state index contributed by atoms with van der Waals surface area (Å²) in [4.78, 5) is 2.36. The van der Waals surface area contributed by atoms with Crippen LogP contribution in [0.2, 0.25) is 15.1 Å². The molecule has 1 aliphatic rings. The van der Waals surface area contributed by atoms with Crippen LogP contribution in [0.1, 0.15) is 24.0 Å². The van der Waals surface area contributed by atoms with Gasteiger partial charge in [0.05, 0.1) is 15.1 Å². The predicted molar refractivity (Wildman–Crippen MR) is 111 cm³/mol. The second-order valence-corrected chi connectivity index (χ2v) is 9.55. The molecule has 1 aliphatic heterocycles. The van der Waals surface area contributed by atoms with E-state index < -0.39 is 10.0 Å². The van der Waals surface area contributed by atoms with Crippen molar-refractivity contribution < 1.29 is 8.42 Å². The Bertz CT molecular complexity index is 919. The van der Waals surface area contributed by atoms with E-state index in [1.165, 1.54) is 23.3 Å². The highest BCUT2D eigenvalue weighted by molar-refractivity contribution is 7.89. The van der Waals surface area contributed by atoms with Crippen molar-refractivity contribution in [3.8, 4) is 0 Å². The quantitative estimate of drug-likeness (QED) is 0.491. The molecule has 3 rings (SSSR count). The van der Waals surface area contributed by atoms with Gasteiger partial charge >= 0.3 is 0 Å². The van der Waals surface area contributed by atoms with Gasteiger partial charge in [0, 0.05) is 19.6 Å². The molecule has 0 spiro atoms. The van der Waals surface area contributed by atoms with E-state index in [4.69, 9.17) is 34.8 Å². The zero-order chi connectivity index (χ0) is 19.4. The number of rotatable bonds is 7. The van der Waals surface area contributed by atoms with E-state index in [0.29, 0.717) is 6.54 Å². The van der Waals surface area contributed by atoms with Gasteiger partial charge in [-0.15, -0.1) is 0 Å². The molecule has 8 heteroatoms. The molecule has 4 nitrogen and oxygen atoms in total. The zero-order valence-electron chi connectivity index (χ0n) is 14.7. The van der Waals surface area contributed by atoms with Gasteiger partial charge in [-0.05, 0) is 49.1 Å². The van der Waals surface area contributed by atoms with E-state index in [-0.39, 0.29) is 20.0 Å². The summed E-state index contributed by atoms with van der Waals surface area (Å²) in [5.74, 6) is 0. The maximum absolute atomic E-state index is 12.4. The Morgan fingerprint density at radius 2 is 1.67 bits per heavy atom. The summed E-state index contributed by atoms with van der Waals surface area (Å²) in [7, 11) is -3.71. The number of nitrogens with one attached hydrogen (secondary N) is 1. The number of unbranched alkanes of at least 4 members (excludes halogenated alkanes) is 1. The molecule has 1 heterocycles. The average molecular weight is 448 g/mol. The topological polar surface area (TPSA) is 49.4 Å². The average Bonchev–Trinajstić information content (AvgIpc) is 2.64. The van der Waals surface area contributed by atoms with Crippen molar-refractivity contribution in [3.05, 3.63) is 62.6 Å². The van der Waals surface area contributed by atoms with Gasteiger partial charge in [0.1, 0.15) is 4.90 Å². The summed E-state index contributed by atoms with van der Waals surface area (Å²) in [6, 6.07) is 11.1. The smallest absolute Gasteiger partial charge is 0.242 e. The van der Waals surface area contributed by atoms with Gasteiger partial charge < -0.3 is 0 Å². The standard InChI is InChI=1S/C19H21Cl3N2O2S/c20-16-11-18(22)19(12-17(16)21)27(25,26)23-8-3-4-9-24-10-7-14-5-1-2-6-15(14)13-24/h1-2,5-6,11-12,23H,3-4,7-10,13H2. The highest BCUT2D eigenvalue weighted by Gasteiger charge is 2.20. The summed E-state index contributed by atoms with van der Waals surface area (Å²) in [5, 5.41) is 0.444. The van der Waals surface area contributed by atoms with Crippen molar-refractivity contribution in [2.75, 3.05) is 19.6 Å². The number of benzene rings is 2. The Hall–Kier alpha value is -0.820. The molecule has 0 unspecified atom stereocenters. The third-order valence-corrected chi connectivity index (χ3v) is 7.32. The van der Waals surface area contributed by atoms with E-state index in [2.05, 4.69) is 33.9 Å². The van der Waals surface area contributed by atoms with Gasteiger partial charge in [-0.3, -0.25) is 4.90 Å². The Morgan fingerprint density at radius 3 is 2.44 bits per heavy atom. The van der Waals surface area contributed by atoms with Crippen LogP contribution in [0.3, 0.4) is 0 Å². The number of sulfonamides is 1.